The number of esters is 1. The summed E-state index contributed by atoms with van der Waals surface area (Å²) in [5, 5.41) is 21.6. The summed E-state index contributed by atoms with van der Waals surface area (Å²) in [5.74, 6) is -0.568. The van der Waals surface area contributed by atoms with Crippen LogP contribution >= 0.6 is 0 Å². The number of aliphatic hydroxyl groups excluding tert-OH is 1. The van der Waals surface area contributed by atoms with Crippen LogP contribution in [0, 0.1) is 0 Å². The highest BCUT2D eigenvalue weighted by Crippen LogP contribution is 2.22. The van der Waals surface area contributed by atoms with Gasteiger partial charge in [-0.1, -0.05) is 12.1 Å². The molecular formula is C12H17N5O3. The molecule has 0 bridgehead atoms. The maximum absolute atomic E-state index is 11.8. The highest BCUT2D eigenvalue weighted by molar-refractivity contribution is 5.93. The first-order valence-corrected chi connectivity index (χ1v) is 6.25. The predicted molar refractivity (Wildman–Crippen MR) is 69.9 cm³/mol. The third kappa shape index (κ3) is 2.69. The minimum Gasteiger partial charge on any atom is -0.464 e. The Bertz CT molecular complexity index is 604. The SMILES string of the molecule is CCC(O)Cn1nnc(C(=O)OC)c1-c1cnn(C)c1. The minimum atomic E-state index is -0.568. The molecule has 2 heterocycles. The van der Waals surface area contributed by atoms with Crippen molar-refractivity contribution in [3.8, 4) is 11.3 Å². The number of carbonyl (C=O) groups excluding carboxylic acids is 1. The van der Waals surface area contributed by atoms with Gasteiger partial charge in [0.15, 0.2) is 5.69 Å². The van der Waals surface area contributed by atoms with Crippen LogP contribution in [0.4, 0.5) is 0 Å². The number of rotatable bonds is 5. The van der Waals surface area contributed by atoms with E-state index >= 15 is 0 Å². The van der Waals surface area contributed by atoms with Gasteiger partial charge in [0.05, 0.1) is 26.0 Å². The summed E-state index contributed by atoms with van der Waals surface area (Å²) in [4.78, 5) is 11.8. The van der Waals surface area contributed by atoms with Crippen LogP contribution in [0.15, 0.2) is 12.4 Å². The van der Waals surface area contributed by atoms with Gasteiger partial charge in [-0.2, -0.15) is 5.10 Å². The van der Waals surface area contributed by atoms with Crippen LogP contribution in [-0.4, -0.2) is 49.1 Å². The lowest BCUT2D eigenvalue weighted by Crippen LogP contribution is -2.17. The second-order valence-corrected chi connectivity index (χ2v) is 4.43. The number of aromatic nitrogens is 5. The van der Waals surface area contributed by atoms with Gasteiger partial charge in [-0.3, -0.25) is 4.68 Å². The van der Waals surface area contributed by atoms with Gasteiger partial charge < -0.3 is 9.84 Å². The fourth-order valence-corrected chi connectivity index (χ4v) is 1.83. The first-order valence-electron chi connectivity index (χ1n) is 6.25. The van der Waals surface area contributed by atoms with Crippen molar-refractivity contribution in [2.24, 2.45) is 7.05 Å². The fraction of sp³-hybridized carbons (Fsp3) is 0.500. The van der Waals surface area contributed by atoms with Gasteiger partial charge in [-0.25, -0.2) is 9.48 Å². The average Bonchev–Trinajstić information content (AvgIpc) is 3.03. The minimum absolute atomic E-state index is 0.115. The Morgan fingerprint density at radius 2 is 2.30 bits per heavy atom. The lowest BCUT2D eigenvalue weighted by molar-refractivity contribution is 0.0594. The van der Waals surface area contributed by atoms with Crippen molar-refractivity contribution in [1.82, 2.24) is 24.8 Å². The van der Waals surface area contributed by atoms with E-state index in [-0.39, 0.29) is 12.2 Å². The van der Waals surface area contributed by atoms with Gasteiger partial charge in [0, 0.05) is 18.8 Å². The first kappa shape index (κ1) is 14.2. The topological polar surface area (TPSA) is 95.1 Å². The molecule has 1 N–H and O–H groups in total. The predicted octanol–water partition coefficient (Wildman–Crippen LogP) is 0.236. The molecule has 0 saturated carbocycles. The summed E-state index contributed by atoms with van der Waals surface area (Å²) in [6, 6.07) is 0. The van der Waals surface area contributed by atoms with E-state index in [1.165, 1.54) is 11.8 Å². The molecule has 2 aromatic rings. The number of hydrogen-bond donors (Lipinski definition) is 1. The Balaban J connectivity index is 2.48. The van der Waals surface area contributed by atoms with Crippen molar-refractivity contribution < 1.29 is 14.6 Å². The molecule has 8 heteroatoms. The maximum Gasteiger partial charge on any atom is 0.360 e. The van der Waals surface area contributed by atoms with Crippen LogP contribution in [0.5, 0.6) is 0 Å². The third-order valence-corrected chi connectivity index (χ3v) is 2.95. The van der Waals surface area contributed by atoms with Crippen molar-refractivity contribution in [2.45, 2.75) is 26.0 Å². The monoisotopic (exact) mass is 279 g/mol. The van der Waals surface area contributed by atoms with Crippen molar-refractivity contribution in [2.75, 3.05) is 7.11 Å². The van der Waals surface area contributed by atoms with Gasteiger partial charge in [-0.15, -0.1) is 5.10 Å². The van der Waals surface area contributed by atoms with Crippen molar-refractivity contribution in [3.05, 3.63) is 18.1 Å². The van der Waals surface area contributed by atoms with Gasteiger partial charge in [-0.05, 0) is 6.42 Å². The number of aliphatic hydroxyl groups is 1. The van der Waals surface area contributed by atoms with Crippen LogP contribution in [0.3, 0.4) is 0 Å². The Morgan fingerprint density at radius 3 is 2.85 bits per heavy atom. The molecule has 0 aromatic carbocycles. The number of carbonyl (C=O) groups is 1. The zero-order chi connectivity index (χ0) is 14.7. The van der Waals surface area contributed by atoms with E-state index in [2.05, 4.69) is 15.4 Å². The molecule has 8 nitrogen and oxygen atoms in total. The zero-order valence-electron chi connectivity index (χ0n) is 11.6. The Hall–Kier alpha value is -2.22. The Kier molecular flexibility index (Phi) is 4.14. The van der Waals surface area contributed by atoms with Crippen LogP contribution in [0.25, 0.3) is 11.3 Å². The lowest BCUT2D eigenvalue weighted by Gasteiger charge is -2.09. The molecule has 0 amide bonds. The number of aryl methyl sites for hydroxylation is 1. The van der Waals surface area contributed by atoms with Crippen LogP contribution < -0.4 is 0 Å². The smallest absolute Gasteiger partial charge is 0.360 e. The van der Waals surface area contributed by atoms with E-state index in [1.54, 1.807) is 24.1 Å². The molecular weight excluding hydrogens is 262 g/mol. The average molecular weight is 279 g/mol. The molecule has 2 rings (SSSR count). The van der Waals surface area contributed by atoms with Gasteiger partial charge in [0.1, 0.15) is 5.69 Å². The second kappa shape index (κ2) is 5.83. The summed E-state index contributed by atoms with van der Waals surface area (Å²) in [5.41, 5.74) is 1.31. The van der Waals surface area contributed by atoms with Crippen LogP contribution in [0.1, 0.15) is 23.8 Å². The van der Waals surface area contributed by atoms with Crippen molar-refractivity contribution in [1.29, 1.82) is 0 Å². The maximum atomic E-state index is 11.8. The molecule has 0 aliphatic heterocycles. The summed E-state index contributed by atoms with van der Waals surface area (Å²) in [6.45, 7) is 2.12. The molecule has 1 unspecified atom stereocenters. The standard InChI is InChI=1S/C12H17N5O3/c1-4-9(18)7-17-11(8-5-13-16(2)6-8)10(14-15-17)12(19)20-3/h5-6,9,18H,4,7H2,1-3H3. The summed E-state index contributed by atoms with van der Waals surface area (Å²) >= 11 is 0. The first-order chi connectivity index (χ1) is 9.56. The largest absolute Gasteiger partial charge is 0.464 e. The molecule has 2 aromatic heterocycles. The summed E-state index contributed by atoms with van der Waals surface area (Å²) < 4.78 is 7.82. The second-order valence-electron chi connectivity index (χ2n) is 4.43. The van der Waals surface area contributed by atoms with Crippen molar-refractivity contribution in [3.63, 3.8) is 0 Å². The third-order valence-electron chi connectivity index (χ3n) is 2.95. The lowest BCUT2D eigenvalue weighted by atomic mass is 10.2. The molecule has 108 valence electrons. The quantitative estimate of drug-likeness (QED) is 0.788. The Labute approximate surface area is 116 Å². The normalized spacial score (nSPS) is 12.4. The van der Waals surface area contributed by atoms with E-state index in [1.807, 2.05) is 6.92 Å². The van der Waals surface area contributed by atoms with Gasteiger partial charge in [0.2, 0.25) is 0 Å². The summed E-state index contributed by atoms with van der Waals surface area (Å²) in [6.07, 6.45) is 3.39. The van der Waals surface area contributed by atoms with E-state index < -0.39 is 12.1 Å². The molecule has 0 radical (unpaired) electrons. The molecule has 0 spiro atoms. The van der Waals surface area contributed by atoms with E-state index in [0.29, 0.717) is 17.7 Å². The zero-order valence-corrected chi connectivity index (χ0v) is 11.6. The molecule has 1 atom stereocenters. The van der Waals surface area contributed by atoms with Crippen LogP contribution in [-0.2, 0) is 18.3 Å². The number of ether oxygens (including phenoxy) is 1. The number of hydrogen-bond acceptors (Lipinski definition) is 6. The molecule has 0 aliphatic rings. The molecule has 0 fully saturated rings. The number of nitrogens with zero attached hydrogens (tertiary/aromatic N) is 5. The fourth-order valence-electron chi connectivity index (χ4n) is 1.83. The van der Waals surface area contributed by atoms with Crippen LogP contribution in [0.2, 0.25) is 0 Å². The van der Waals surface area contributed by atoms with E-state index in [9.17, 15) is 9.90 Å². The molecule has 20 heavy (non-hydrogen) atoms. The molecule has 0 aliphatic carbocycles. The van der Waals surface area contributed by atoms with Crippen molar-refractivity contribution >= 4 is 5.97 Å². The number of methoxy groups -OCH3 is 1. The van der Waals surface area contributed by atoms with Gasteiger partial charge in [0.25, 0.3) is 0 Å². The Morgan fingerprint density at radius 1 is 1.55 bits per heavy atom. The summed E-state index contributed by atoms with van der Waals surface area (Å²) in [7, 11) is 3.06. The van der Waals surface area contributed by atoms with E-state index in [4.69, 9.17) is 4.74 Å². The van der Waals surface area contributed by atoms with Gasteiger partial charge >= 0.3 is 5.97 Å². The highest BCUT2D eigenvalue weighted by Gasteiger charge is 2.23. The van der Waals surface area contributed by atoms with E-state index in [0.717, 1.165) is 0 Å². The molecule has 0 saturated heterocycles. The highest BCUT2D eigenvalue weighted by atomic mass is 16.5.